The zero-order chi connectivity index (χ0) is 16.1. The first kappa shape index (κ1) is 16.5. The average Bonchev–Trinajstić information content (AvgIpc) is 2.54. The van der Waals surface area contributed by atoms with Gasteiger partial charge in [-0.3, -0.25) is 0 Å². The highest BCUT2D eigenvalue weighted by Crippen LogP contribution is 2.34. The molecule has 0 unspecified atom stereocenters. The van der Waals surface area contributed by atoms with Crippen LogP contribution in [0, 0.1) is 0 Å². The zero-order valence-electron chi connectivity index (χ0n) is 12.6. The molecule has 0 aliphatic heterocycles. The first-order valence-corrected chi connectivity index (χ1v) is 7.42. The van der Waals surface area contributed by atoms with E-state index in [4.69, 9.17) is 32.7 Å². The third kappa shape index (κ3) is 3.67. The highest BCUT2D eigenvalue weighted by Gasteiger charge is 2.09. The number of rotatable bonds is 5. The van der Waals surface area contributed by atoms with Crippen molar-refractivity contribution in [1.29, 1.82) is 0 Å². The lowest BCUT2D eigenvalue weighted by atomic mass is 10.1. The van der Waals surface area contributed by atoms with Crippen molar-refractivity contribution >= 4 is 40.1 Å². The molecule has 0 heterocycles. The van der Waals surface area contributed by atoms with Gasteiger partial charge in [-0.25, -0.2) is 0 Å². The molecule has 2 rings (SSSR count). The van der Waals surface area contributed by atoms with Crippen molar-refractivity contribution in [3.63, 3.8) is 0 Å². The normalized spacial score (nSPS) is 10.0. The van der Waals surface area contributed by atoms with Crippen LogP contribution in [0.25, 0.3) is 5.57 Å². The highest BCUT2D eigenvalue weighted by atomic mass is 35.5. The van der Waals surface area contributed by atoms with Gasteiger partial charge in [-0.2, -0.15) is 0 Å². The van der Waals surface area contributed by atoms with Gasteiger partial charge in [-0.05, 0) is 30.7 Å². The number of hydrogen-bond donors (Lipinski definition) is 1. The van der Waals surface area contributed by atoms with E-state index in [2.05, 4.69) is 5.32 Å². The summed E-state index contributed by atoms with van der Waals surface area (Å²) in [6, 6.07) is 13.4. The minimum atomic E-state index is 0.251. The molecule has 0 radical (unpaired) electrons. The van der Waals surface area contributed by atoms with Gasteiger partial charge in [0.2, 0.25) is 0 Å². The fourth-order valence-corrected chi connectivity index (χ4v) is 2.29. The second-order valence-electron chi connectivity index (χ2n) is 4.63. The van der Waals surface area contributed by atoms with Crippen molar-refractivity contribution < 1.29 is 9.47 Å². The fraction of sp³-hybridized carbons (Fsp3) is 0.176. The molecule has 0 aromatic heterocycles. The molecule has 3 nitrogen and oxygen atoms in total. The van der Waals surface area contributed by atoms with E-state index in [1.165, 1.54) is 0 Å². The number of nitrogens with one attached hydrogen (secondary N) is 1. The predicted octanol–water partition coefficient (Wildman–Crippen LogP) is 5.61. The maximum absolute atomic E-state index is 5.91. The van der Waals surface area contributed by atoms with E-state index >= 15 is 0 Å². The summed E-state index contributed by atoms with van der Waals surface area (Å²) in [7, 11) is 3.21. The second-order valence-corrected chi connectivity index (χ2v) is 5.58. The molecule has 0 saturated carbocycles. The summed E-state index contributed by atoms with van der Waals surface area (Å²) in [5.41, 5.74) is 3.54. The van der Waals surface area contributed by atoms with Crippen LogP contribution in [0.5, 0.6) is 11.5 Å². The smallest absolute Gasteiger partial charge is 0.162 e. The van der Waals surface area contributed by atoms with Crippen LogP contribution in [-0.2, 0) is 0 Å². The van der Waals surface area contributed by atoms with Crippen LogP contribution in [0.15, 0.2) is 47.0 Å². The summed E-state index contributed by atoms with van der Waals surface area (Å²) in [5, 5.41) is 3.35. The quantitative estimate of drug-likeness (QED) is 0.768. The summed E-state index contributed by atoms with van der Waals surface area (Å²) in [4.78, 5) is 0. The maximum Gasteiger partial charge on any atom is 0.162 e. The Balaban J connectivity index is 2.38. The Kier molecular flexibility index (Phi) is 5.58. The van der Waals surface area contributed by atoms with Gasteiger partial charge >= 0.3 is 0 Å². The molecule has 0 amide bonds. The SMILES string of the molecule is COc1ccc(Nc2ccccc2C(C)=C(Cl)Cl)cc1OC. The number of hydrogen-bond acceptors (Lipinski definition) is 3. The Hall–Kier alpha value is -1.84. The third-order valence-corrected chi connectivity index (χ3v) is 3.84. The standard InChI is InChI=1S/C17H17Cl2NO2/c1-11(17(18)19)13-6-4-5-7-14(13)20-12-8-9-15(21-2)16(10-12)22-3/h4-10,20H,1-3H3. The van der Waals surface area contributed by atoms with Gasteiger partial charge in [0.15, 0.2) is 11.5 Å². The molecule has 0 aliphatic rings. The van der Waals surface area contributed by atoms with E-state index < -0.39 is 0 Å². The highest BCUT2D eigenvalue weighted by molar-refractivity contribution is 6.58. The zero-order valence-corrected chi connectivity index (χ0v) is 14.1. The van der Waals surface area contributed by atoms with Gasteiger partial charge in [0.1, 0.15) is 4.49 Å². The number of ether oxygens (including phenoxy) is 2. The van der Waals surface area contributed by atoms with Crippen LogP contribution >= 0.6 is 23.2 Å². The van der Waals surface area contributed by atoms with E-state index in [-0.39, 0.29) is 4.49 Å². The Labute approximate surface area is 140 Å². The van der Waals surface area contributed by atoms with Gasteiger partial charge in [0.05, 0.1) is 14.2 Å². The van der Waals surface area contributed by atoms with Crippen molar-refractivity contribution in [2.75, 3.05) is 19.5 Å². The molecule has 5 heteroatoms. The first-order chi connectivity index (χ1) is 10.6. The molecule has 0 atom stereocenters. The first-order valence-electron chi connectivity index (χ1n) is 6.67. The molecule has 2 aromatic carbocycles. The van der Waals surface area contributed by atoms with Gasteiger partial charge < -0.3 is 14.8 Å². The van der Waals surface area contributed by atoms with Crippen molar-refractivity contribution in [3.05, 3.63) is 52.5 Å². The van der Waals surface area contributed by atoms with E-state index in [1.807, 2.05) is 49.4 Å². The third-order valence-electron chi connectivity index (χ3n) is 3.28. The van der Waals surface area contributed by atoms with Crippen LogP contribution in [0.3, 0.4) is 0 Å². The van der Waals surface area contributed by atoms with E-state index in [9.17, 15) is 0 Å². The molecule has 0 aliphatic carbocycles. The number of methoxy groups -OCH3 is 2. The van der Waals surface area contributed by atoms with Crippen LogP contribution in [0.2, 0.25) is 0 Å². The van der Waals surface area contributed by atoms with Gasteiger partial charge in [0.25, 0.3) is 0 Å². The van der Waals surface area contributed by atoms with Crippen LogP contribution in [0.4, 0.5) is 11.4 Å². The molecule has 0 bridgehead atoms. The minimum absolute atomic E-state index is 0.251. The molecule has 0 fully saturated rings. The number of benzene rings is 2. The number of para-hydroxylation sites is 1. The molecule has 2 aromatic rings. The van der Waals surface area contributed by atoms with E-state index in [1.54, 1.807) is 14.2 Å². The summed E-state index contributed by atoms with van der Waals surface area (Å²) in [6.07, 6.45) is 0. The van der Waals surface area contributed by atoms with Crippen LogP contribution < -0.4 is 14.8 Å². The van der Waals surface area contributed by atoms with Gasteiger partial charge in [-0.1, -0.05) is 41.4 Å². The lowest BCUT2D eigenvalue weighted by molar-refractivity contribution is 0.355. The van der Waals surface area contributed by atoms with E-state index in [0.717, 1.165) is 22.5 Å². The van der Waals surface area contributed by atoms with Crippen molar-refractivity contribution in [1.82, 2.24) is 0 Å². The average molecular weight is 338 g/mol. The van der Waals surface area contributed by atoms with E-state index in [0.29, 0.717) is 11.5 Å². The maximum atomic E-state index is 5.91. The minimum Gasteiger partial charge on any atom is -0.493 e. The topological polar surface area (TPSA) is 30.5 Å². The molecule has 0 saturated heterocycles. The Morgan fingerprint density at radius 1 is 0.955 bits per heavy atom. The molecule has 116 valence electrons. The summed E-state index contributed by atoms with van der Waals surface area (Å²) in [6.45, 7) is 1.88. The molecule has 22 heavy (non-hydrogen) atoms. The lowest BCUT2D eigenvalue weighted by Gasteiger charge is -2.14. The van der Waals surface area contributed by atoms with Gasteiger partial charge in [0, 0.05) is 23.0 Å². The fourth-order valence-electron chi connectivity index (χ4n) is 2.09. The molecule has 1 N–H and O–H groups in total. The van der Waals surface area contributed by atoms with Crippen LogP contribution in [-0.4, -0.2) is 14.2 Å². The van der Waals surface area contributed by atoms with Crippen LogP contribution in [0.1, 0.15) is 12.5 Å². The summed E-state index contributed by atoms with van der Waals surface area (Å²) in [5.74, 6) is 1.34. The van der Waals surface area contributed by atoms with Crippen molar-refractivity contribution in [2.45, 2.75) is 6.92 Å². The van der Waals surface area contributed by atoms with Gasteiger partial charge in [-0.15, -0.1) is 0 Å². The lowest BCUT2D eigenvalue weighted by Crippen LogP contribution is -1.97. The molecular weight excluding hydrogens is 321 g/mol. The molecular formula is C17H17Cl2NO2. The Morgan fingerprint density at radius 3 is 2.27 bits per heavy atom. The number of anilines is 2. The monoisotopic (exact) mass is 337 g/mol. The second kappa shape index (κ2) is 7.43. The van der Waals surface area contributed by atoms with Crippen molar-refractivity contribution in [3.8, 4) is 11.5 Å². The van der Waals surface area contributed by atoms with Crippen molar-refractivity contribution in [2.24, 2.45) is 0 Å². The Bertz CT molecular complexity index is 695. The summed E-state index contributed by atoms with van der Waals surface area (Å²) < 4.78 is 10.8. The number of halogens is 2. The number of allylic oxidation sites excluding steroid dienone is 1. The predicted molar refractivity (Wildman–Crippen MR) is 93.6 cm³/mol. The summed E-state index contributed by atoms with van der Waals surface area (Å²) >= 11 is 11.8. The molecule has 0 spiro atoms. The largest absolute Gasteiger partial charge is 0.493 e. The Morgan fingerprint density at radius 2 is 1.64 bits per heavy atom.